The quantitative estimate of drug-likeness (QED) is 0.486. The Balaban J connectivity index is 2.05. The lowest BCUT2D eigenvalue weighted by atomic mass is 10.2. The molecule has 3 rings (SSSR count). The monoisotopic (exact) mass is 458 g/mol. The molecule has 1 heterocycles. The Morgan fingerprint density at radius 2 is 1.66 bits per heavy atom. The van der Waals surface area contributed by atoms with Gasteiger partial charge in [-0.2, -0.15) is 22.2 Å². The van der Waals surface area contributed by atoms with Crippen molar-refractivity contribution in [3.05, 3.63) is 62.6 Å². The van der Waals surface area contributed by atoms with Crippen molar-refractivity contribution in [3.8, 4) is 22.9 Å². The molecular weight excluding hydrogens is 453 g/mol. The Morgan fingerprint density at radius 1 is 1.10 bits per heavy atom. The normalized spacial score (nSPS) is 11.9. The zero-order valence-corrected chi connectivity index (χ0v) is 15.1. The zero-order valence-electron chi connectivity index (χ0n) is 13.6. The molecule has 0 aliphatic carbocycles. The van der Waals surface area contributed by atoms with E-state index in [0.717, 1.165) is 30.3 Å². The second-order valence-electron chi connectivity index (χ2n) is 5.38. The molecule has 0 spiro atoms. The molecule has 0 amide bonds. The Kier molecular flexibility index (Phi) is 5.54. The lowest BCUT2D eigenvalue weighted by Gasteiger charge is -2.18. The average Bonchev–Trinajstić information content (AvgIpc) is 2.99. The summed E-state index contributed by atoms with van der Waals surface area (Å²) < 4.78 is 87.6. The largest absolute Gasteiger partial charge is 0.461 e. The summed E-state index contributed by atoms with van der Waals surface area (Å²) in [5.41, 5.74) is -0.999. The first-order valence-electron chi connectivity index (χ1n) is 7.40. The predicted molar refractivity (Wildman–Crippen MR) is 89.1 cm³/mol. The molecule has 0 unspecified atom stereocenters. The molecule has 0 saturated carbocycles. The molecule has 0 aliphatic rings. The fraction of sp³-hybridized carbons (Fsp3) is 0.125. The highest BCUT2D eigenvalue weighted by Gasteiger charge is 2.45. The number of alkyl halides is 4. The van der Waals surface area contributed by atoms with E-state index in [4.69, 9.17) is 27.6 Å². The van der Waals surface area contributed by atoms with E-state index in [1.165, 1.54) is 0 Å². The van der Waals surface area contributed by atoms with Crippen molar-refractivity contribution in [1.82, 2.24) is 9.78 Å². The van der Waals surface area contributed by atoms with E-state index in [-0.39, 0.29) is 5.69 Å². The third-order valence-electron chi connectivity index (χ3n) is 3.44. The maximum Gasteiger partial charge on any atom is 0.461 e. The Hall–Kier alpha value is -2.66. The summed E-state index contributed by atoms with van der Waals surface area (Å²) >= 11 is 11.5. The van der Waals surface area contributed by atoms with E-state index >= 15 is 0 Å². The van der Waals surface area contributed by atoms with Gasteiger partial charge in [-0.15, -0.1) is 5.10 Å². The van der Waals surface area contributed by atoms with E-state index in [0.29, 0.717) is 4.68 Å². The van der Waals surface area contributed by atoms with Crippen LogP contribution in [0.4, 0.5) is 26.3 Å². The van der Waals surface area contributed by atoms with Gasteiger partial charge in [-0.1, -0.05) is 29.3 Å². The molecular formula is C16H6Cl2F6N2O3. The minimum absolute atomic E-state index is 0.274. The van der Waals surface area contributed by atoms with E-state index < -0.39 is 57.2 Å². The number of hydrogen-bond acceptors (Lipinski definition) is 4. The minimum Gasteiger partial charge on any atom is -0.425 e. The van der Waals surface area contributed by atoms with Gasteiger partial charge in [-0.25, -0.2) is 13.6 Å². The maximum atomic E-state index is 13.8. The van der Waals surface area contributed by atoms with Gasteiger partial charge in [0.05, 0.1) is 15.7 Å². The van der Waals surface area contributed by atoms with Gasteiger partial charge in [0.2, 0.25) is 0 Å². The topological polar surface area (TPSA) is 57.3 Å². The van der Waals surface area contributed by atoms with Crippen LogP contribution >= 0.6 is 23.2 Å². The summed E-state index contributed by atoms with van der Waals surface area (Å²) in [6.07, 6.45) is -9.04. The van der Waals surface area contributed by atoms with Crippen molar-refractivity contribution in [3.63, 3.8) is 0 Å². The molecule has 1 aromatic heterocycles. The highest BCUT2D eigenvalue weighted by molar-refractivity contribution is 6.37. The number of aromatic nitrogens is 2. The second kappa shape index (κ2) is 7.64. The van der Waals surface area contributed by atoms with Crippen molar-refractivity contribution in [2.24, 2.45) is 0 Å². The molecule has 29 heavy (non-hydrogen) atoms. The first-order chi connectivity index (χ1) is 13.5. The first-order valence-corrected chi connectivity index (χ1v) is 8.16. The van der Waals surface area contributed by atoms with Crippen LogP contribution < -0.4 is 10.5 Å². The van der Waals surface area contributed by atoms with Crippen LogP contribution in [0.15, 0.2) is 39.5 Å². The number of halogens is 8. The number of benzene rings is 2. The van der Waals surface area contributed by atoms with Gasteiger partial charge < -0.3 is 9.15 Å². The van der Waals surface area contributed by atoms with E-state index in [1.807, 2.05) is 0 Å². The van der Waals surface area contributed by atoms with Crippen LogP contribution in [0, 0.1) is 11.6 Å². The van der Waals surface area contributed by atoms with Crippen molar-refractivity contribution < 1.29 is 35.5 Å². The number of ether oxygens (including phenoxy) is 1. The SMILES string of the molecule is O=c1oc(-c2c(F)cccc2F)nn1-c1cc(Cl)c(OC(F)(F)C(F)F)c(Cl)c1. The van der Waals surface area contributed by atoms with Gasteiger partial charge in [0.15, 0.2) is 5.75 Å². The van der Waals surface area contributed by atoms with Crippen molar-refractivity contribution in [1.29, 1.82) is 0 Å². The fourth-order valence-electron chi connectivity index (χ4n) is 2.19. The molecule has 0 saturated heterocycles. The zero-order chi connectivity index (χ0) is 21.5. The van der Waals surface area contributed by atoms with E-state index in [1.54, 1.807) is 0 Å². The summed E-state index contributed by atoms with van der Waals surface area (Å²) in [5.74, 6) is -5.04. The third-order valence-corrected chi connectivity index (χ3v) is 4.01. The highest BCUT2D eigenvalue weighted by Crippen LogP contribution is 2.39. The van der Waals surface area contributed by atoms with Gasteiger partial charge in [0, 0.05) is 0 Å². The standard InChI is InChI=1S/C16H6Cl2F6N2O3/c17-7-4-6(5-8(18)12(7)29-16(23,24)14(21)22)26-15(27)28-13(25-26)11-9(19)2-1-3-10(11)20/h1-5,14H. The molecule has 0 fully saturated rings. The number of hydrogen-bond donors (Lipinski definition) is 0. The van der Waals surface area contributed by atoms with Gasteiger partial charge in [-0.3, -0.25) is 0 Å². The molecule has 154 valence electrons. The summed E-state index contributed by atoms with van der Waals surface area (Å²) in [5, 5.41) is 2.29. The van der Waals surface area contributed by atoms with Crippen molar-refractivity contribution in [2.75, 3.05) is 0 Å². The van der Waals surface area contributed by atoms with Crippen LogP contribution in [0.25, 0.3) is 17.1 Å². The molecule has 0 aliphatic heterocycles. The van der Waals surface area contributed by atoms with Gasteiger partial charge >= 0.3 is 18.3 Å². The Labute approximate surface area is 167 Å². The number of nitrogens with zero attached hydrogens (tertiary/aromatic N) is 2. The molecule has 13 heteroatoms. The van der Waals surface area contributed by atoms with Gasteiger partial charge in [-0.05, 0) is 24.3 Å². The molecule has 5 nitrogen and oxygen atoms in total. The first kappa shape index (κ1) is 21.1. The predicted octanol–water partition coefficient (Wildman–Crippen LogP) is 5.31. The summed E-state index contributed by atoms with van der Waals surface area (Å²) in [6.45, 7) is 0. The second-order valence-corrected chi connectivity index (χ2v) is 6.20. The lowest BCUT2D eigenvalue weighted by Crippen LogP contribution is -2.33. The van der Waals surface area contributed by atoms with E-state index in [9.17, 15) is 31.1 Å². The smallest absolute Gasteiger partial charge is 0.425 e. The summed E-state index contributed by atoms with van der Waals surface area (Å²) in [6, 6.07) is 4.54. The molecule has 2 aromatic carbocycles. The molecule has 0 atom stereocenters. The summed E-state index contributed by atoms with van der Waals surface area (Å²) in [7, 11) is 0. The highest BCUT2D eigenvalue weighted by atomic mass is 35.5. The van der Waals surface area contributed by atoms with Crippen molar-refractivity contribution in [2.45, 2.75) is 12.5 Å². The van der Waals surface area contributed by atoms with E-state index in [2.05, 4.69) is 9.84 Å². The van der Waals surface area contributed by atoms with Crippen LogP contribution in [0.5, 0.6) is 5.75 Å². The summed E-state index contributed by atoms with van der Waals surface area (Å²) in [4.78, 5) is 12.0. The van der Waals surface area contributed by atoms with Crippen LogP contribution in [0.2, 0.25) is 10.0 Å². The third kappa shape index (κ3) is 4.06. The fourth-order valence-corrected chi connectivity index (χ4v) is 2.74. The lowest BCUT2D eigenvalue weighted by molar-refractivity contribution is -0.253. The van der Waals surface area contributed by atoms with Gasteiger partial charge in [0.25, 0.3) is 5.89 Å². The molecule has 0 radical (unpaired) electrons. The van der Waals surface area contributed by atoms with Crippen LogP contribution in [-0.2, 0) is 0 Å². The van der Waals surface area contributed by atoms with Crippen LogP contribution in [0.1, 0.15) is 0 Å². The average molecular weight is 459 g/mol. The molecule has 3 aromatic rings. The van der Waals surface area contributed by atoms with Gasteiger partial charge in [0.1, 0.15) is 17.2 Å². The Morgan fingerprint density at radius 3 is 2.17 bits per heavy atom. The maximum absolute atomic E-state index is 13.8. The number of rotatable bonds is 5. The van der Waals surface area contributed by atoms with Crippen molar-refractivity contribution >= 4 is 23.2 Å². The Bertz CT molecular complexity index is 1090. The molecule has 0 N–H and O–H groups in total. The van der Waals surface area contributed by atoms with Crippen LogP contribution in [-0.4, -0.2) is 22.3 Å². The minimum atomic E-state index is -4.88. The van der Waals surface area contributed by atoms with Crippen LogP contribution in [0.3, 0.4) is 0 Å². The molecule has 0 bridgehead atoms.